The van der Waals surface area contributed by atoms with Crippen molar-refractivity contribution in [3.8, 4) is 0 Å². The number of aryl methyl sites for hydroxylation is 1. The van der Waals surface area contributed by atoms with Crippen molar-refractivity contribution in [1.29, 1.82) is 0 Å². The van der Waals surface area contributed by atoms with Gasteiger partial charge < -0.3 is 9.88 Å². The highest BCUT2D eigenvalue weighted by Gasteiger charge is 2.26. The fourth-order valence-electron chi connectivity index (χ4n) is 5.68. The number of aromatic amines is 1. The maximum absolute atomic E-state index is 13.6. The lowest BCUT2D eigenvalue weighted by Crippen LogP contribution is -2.48. The molecule has 180 valence electrons. The van der Waals surface area contributed by atoms with Crippen molar-refractivity contribution in [1.82, 2.24) is 29.5 Å². The molecule has 0 atom stereocenters. The van der Waals surface area contributed by atoms with Gasteiger partial charge in [-0.1, -0.05) is 12.8 Å². The molecule has 8 nitrogen and oxygen atoms in total. The average molecular weight is 471 g/mol. The number of hydrogen-bond acceptors (Lipinski definition) is 5. The molecule has 8 heteroatoms. The molecular weight excluding hydrogens is 440 g/mol. The monoisotopic (exact) mass is 470 g/mol. The molecule has 0 bridgehead atoms. The standard InChI is InChI=1S/C27H30N6O2/c1-18-14-24-22(25-23(26(34)30-24)16-29-33(25)20-4-2-3-5-20)15-21(18)27(35)32-12-10-31(11-13-32)17-19-6-8-28-9-7-19/h6-9,14-16,20H,2-5,10-13,17H2,1H3,(H,30,34). The first kappa shape index (κ1) is 22.0. The molecule has 35 heavy (non-hydrogen) atoms. The average Bonchev–Trinajstić information content (AvgIpc) is 3.55. The number of hydrogen-bond donors (Lipinski definition) is 1. The van der Waals surface area contributed by atoms with E-state index < -0.39 is 0 Å². The lowest BCUT2D eigenvalue weighted by atomic mass is 10.0. The van der Waals surface area contributed by atoms with Gasteiger partial charge in [0.15, 0.2) is 0 Å². The first-order valence-corrected chi connectivity index (χ1v) is 12.5. The van der Waals surface area contributed by atoms with E-state index in [9.17, 15) is 9.59 Å². The zero-order valence-corrected chi connectivity index (χ0v) is 20.0. The summed E-state index contributed by atoms with van der Waals surface area (Å²) >= 11 is 0. The molecule has 2 aliphatic rings. The SMILES string of the molecule is Cc1cc2[nH]c(=O)c3cnn(C4CCCC4)c3c2cc1C(=O)N1CCN(Cc2ccncc2)CC1. The van der Waals surface area contributed by atoms with Crippen LogP contribution in [0, 0.1) is 6.92 Å². The van der Waals surface area contributed by atoms with Crippen LogP contribution in [-0.2, 0) is 6.54 Å². The number of carbonyl (C=O) groups excluding carboxylic acids is 1. The van der Waals surface area contributed by atoms with E-state index in [2.05, 4.69) is 20.0 Å². The number of piperazine rings is 1. The van der Waals surface area contributed by atoms with Gasteiger partial charge in [0.25, 0.3) is 11.5 Å². The predicted octanol–water partition coefficient (Wildman–Crippen LogP) is 3.65. The van der Waals surface area contributed by atoms with Crippen LogP contribution in [0.25, 0.3) is 21.8 Å². The molecule has 4 heterocycles. The van der Waals surface area contributed by atoms with E-state index in [-0.39, 0.29) is 11.5 Å². The zero-order valence-electron chi connectivity index (χ0n) is 20.0. The van der Waals surface area contributed by atoms with Crippen LogP contribution in [-0.4, -0.2) is 61.6 Å². The van der Waals surface area contributed by atoms with Crippen LogP contribution in [0.5, 0.6) is 0 Å². The van der Waals surface area contributed by atoms with Crippen molar-refractivity contribution in [2.45, 2.75) is 45.2 Å². The second-order valence-corrected chi connectivity index (χ2v) is 9.88. The fraction of sp³-hybridized carbons (Fsp3) is 0.407. The summed E-state index contributed by atoms with van der Waals surface area (Å²) in [6.45, 7) is 5.89. The number of aromatic nitrogens is 4. The van der Waals surface area contributed by atoms with Gasteiger partial charge in [-0.15, -0.1) is 0 Å². The third kappa shape index (κ3) is 4.01. The minimum atomic E-state index is -0.124. The Bertz CT molecular complexity index is 1440. The molecule has 1 amide bonds. The molecule has 4 aromatic rings. The van der Waals surface area contributed by atoms with Crippen molar-refractivity contribution in [2.75, 3.05) is 26.2 Å². The highest BCUT2D eigenvalue weighted by atomic mass is 16.2. The summed E-state index contributed by atoms with van der Waals surface area (Å²) < 4.78 is 2.03. The summed E-state index contributed by atoms with van der Waals surface area (Å²) in [7, 11) is 0. The Morgan fingerprint density at radius 1 is 1.06 bits per heavy atom. The smallest absolute Gasteiger partial charge is 0.259 e. The summed E-state index contributed by atoms with van der Waals surface area (Å²) in [6.07, 6.45) is 9.83. The number of amides is 1. The first-order chi connectivity index (χ1) is 17.1. The number of nitrogens with one attached hydrogen (secondary N) is 1. The fourth-order valence-corrected chi connectivity index (χ4v) is 5.68. The third-order valence-electron chi connectivity index (χ3n) is 7.62. The molecule has 1 aliphatic carbocycles. The largest absolute Gasteiger partial charge is 0.336 e. The summed E-state index contributed by atoms with van der Waals surface area (Å²) in [5, 5.41) is 6.10. The normalized spacial score (nSPS) is 17.6. The third-order valence-corrected chi connectivity index (χ3v) is 7.62. The molecule has 1 aliphatic heterocycles. The minimum absolute atomic E-state index is 0.0549. The van der Waals surface area contributed by atoms with Gasteiger partial charge in [-0.3, -0.25) is 24.2 Å². The molecular formula is C27H30N6O2. The number of pyridine rings is 2. The Kier molecular flexibility index (Phi) is 5.60. The van der Waals surface area contributed by atoms with Crippen LogP contribution in [0.3, 0.4) is 0 Å². The summed E-state index contributed by atoms with van der Waals surface area (Å²) in [4.78, 5) is 37.8. The van der Waals surface area contributed by atoms with Gasteiger partial charge in [-0.2, -0.15) is 5.10 Å². The van der Waals surface area contributed by atoms with Gasteiger partial charge in [0.2, 0.25) is 0 Å². The second-order valence-electron chi connectivity index (χ2n) is 9.88. The lowest BCUT2D eigenvalue weighted by molar-refractivity contribution is 0.0628. The number of carbonyl (C=O) groups is 1. The van der Waals surface area contributed by atoms with Gasteiger partial charge in [-0.25, -0.2) is 0 Å². The molecule has 1 saturated carbocycles. The van der Waals surface area contributed by atoms with Crippen molar-refractivity contribution < 1.29 is 4.79 Å². The highest BCUT2D eigenvalue weighted by Crippen LogP contribution is 2.34. The maximum Gasteiger partial charge on any atom is 0.259 e. The second kappa shape index (κ2) is 8.92. The number of rotatable bonds is 4. The van der Waals surface area contributed by atoms with Crippen LogP contribution in [0.1, 0.15) is 53.2 Å². The van der Waals surface area contributed by atoms with Crippen LogP contribution >= 0.6 is 0 Å². The quantitative estimate of drug-likeness (QED) is 0.492. The molecule has 1 aromatic carbocycles. The van der Waals surface area contributed by atoms with Gasteiger partial charge in [0.05, 0.1) is 28.7 Å². The van der Waals surface area contributed by atoms with Crippen LogP contribution in [0.2, 0.25) is 0 Å². The Morgan fingerprint density at radius 3 is 2.54 bits per heavy atom. The molecule has 0 spiro atoms. The number of benzene rings is 1. The van der Waals surface area contributed by atoms with Crippen molar-refractivity contribution >= 4 is 27.7 Å². The Balaban J connectivity index is 1.30. The Hall–Kier alpha value is -3.52. The summed E-state index contributed by atoms with van der Waals surface area (Å²) in [6, 6.07) is 8.30. The number of fused-ring (bicyclic) bond motifs is 3. The van der Waals surface area contributed by atoms with Crippen molar-refractivity contribution in [3.05, 3.63) is 69.9 Å². The minimum Gasteiger partial charge on any atom is -0.336 e. The van der Waals surface area contributed by atoms with Crippen LogP contribution in [0.15, 0.2) is 47.7 Å². The summed E-state index contributed by atoms with van der Waals surface area (Å²) in [5.41, 5.74) is 4.31. The van der Waals surface area contributed by atoms with Crippen LogP contribution < -0.4 is 5.56 Å². The Labute approximate surface area is 203 Å². The van der Waals surface area contributed by atoms with Gasteiger partial charge in [-0.05, 0) is 55.2 Å². The van der Waals surface area contributed by atoms with E-state index in [0.717, 1.165) is 54.5 Å². The molecule has 3 aromatic heterocycles. The van der Waals surface area contributed by atoms with E-state index in [4.69, 9.17) is 0 Å². The number of nitrogens with zero attached hydrogens (tertiary/aromatic N) is 5. The molecule has 1 saturated heterocycles. The lowest BCUT2D eigenvalue weighted by Gasteiger charge is -2.35. The van der Waals surface area contributed by atoms with Gasteiger partial charge in [0, 0.05) is 56.1 Å². The van der Waals surface area contributed by atoms with Gasteiger partial charge in [0.1, 0.15) is 0 Å². The van der Waals surface area contributed by atoms with E-state index in [1.165, 1.54) is 18.4 Å². The molecule has 2 fully saturated rings. The molecule has 1 N–H and O–H groups in total. The van der Waals surface area contributed by atoms with E-state index in [1.54, 1.807) is 6.20 Å². The zero-order chi connectivity index (χ0) is 23.9. The molecule has 0 unspecified atom stereocenters. The van der Waals surface area contributed by atoms with Crippen molar-refractivity contribution in [3.63, 3.8) is 0 Å². The number of H-pyrrole nitrogens is 1. The van der Waals surface area contributed by atoms with E-state index in [0.29, 0.717) is 30.1 Å². The Morgan fingerprint density at radius 2 is 1.80 bits per heavy atom. The molecule has 6 rings (SSSR count). The van der Waals surface area contributed by atoms with Gasteiger partial charge >= 0.3 is 0 Å². The highest BCUT2D eigenvalue weighted by molar-refractivity contribution is 6.07. The first-order valence-electron chi connectivity index (χ1n) is 12.5. The summed E-state index contributed by atoms with van der Waals surface area (Å²) in [5.74, 6) is 0.0549. The van der Waals surface area contributed by atoms with E-state index in [1.807, 2.05) is 53.2 Å². The topological polar surface area (TPSA) is 87.1 Å². The van der Waals surface area contributed by atoms with E-state index >= 15 is 0 Å². The van der Waals surface area contributed by atoms with Crippen LogP contribution in [0.4, 0.5) is 0 Å². The van der Waals surface area contributed by atoms with Crippen molar-refractivity contribution in [2.24, 2.45) is 0 Å². The molecule has 0 radical (unpaired) electrons. The predicted molar refractivity (Wildman–Crippen MR) is 136 cm³/mol. The maximum atomic E-state index is 13.6.